The van der Waals surface area contributed by atoms with Crippen molar-refractivity contribution in [2.45, 2.75) is 26.0 Å². The molecule has 21 heavy (non-hydrogen) atoms. The summed E-state index contributed by atoms with van der Waals surface area (Å²) >= 11 is 6.19. The zero-order chi connectivity index (χ0) is 15.3. The highest BCUT2D eigenvalue weighted by molar-refractivity contribution is 6.30. The molecule has 4 nitrogen and oxygen atoms in total. The summed E-state index contributed by atoms with van der Waals surface area (Å²) < 4.78 is 10.9. The Kier molecular flexibility index (Phi) is 5.88. The quantitative estimate of drug-likeness (QED) is 0.819. The maximum Gasteiger partial charge on any atom is 0.0801 e. The number of benzene rings is 1. The molecule has 1 aromatic rings. The van der Waals surface area contributed by atoms with Gasteiger partial charge in [0.15, 0.2) is 0 Å². The summed E-state index contributed by atoms with van der Waals surface area (Å²) in [5, 5.41) is 4.17. The second-order valence-electron chi connectivity index (χ2n) is 5.97. The number of nitrogens with zero attached hydrogens (tertiary/aromatic N) is 1. The highest BCUT2D eigenvalue weighted by Crippen LogP contribution is 2.29. The molecule has 0 unspecified atom stereocenters. The van der Waals surface area contributed by atoms with Crippen molar-refractivity contribution in [3.63, 3.8) is 0 Å². The van der Waals surface area contributed by atoms with Gasteiger partial charge in [-0.25, -0.2) is 0 Å². The van der Waals surface area contributed by atoms with Crippen molar-refractivity contribution >= 4 is 17.3 Å². The highest BCUT2D eigenvalue weighted by atomic mass is 35.5. The molecule has 1 saturated heterocycles. The van der Waals surface area contributed by atoms with Gasteiger partial charge in [-0.2, -0.15) is 0 Å². The zero-order valence-corrected chi connectivity index (χ0v) is 13.9. The lowest BCUT2D eigenvalue weighted by molar-refractivity contribution is -0.0277. The van der Waals surface area contributed by atoms with Gasteiger partial charge in [-0.15, -0.1) is 0 Å². The fourth-order valence-corrected chi connectivity index (χ4v) is 2.77. The molecule has 0 saturated carbocycles. The number of methoxy groups -OCH3 is 1. The monoisotopic (exact) mass is 312 g/mol. The number of ether oxygens (including phenoxy) is 2. The van der Waals surface area contributed by atoms with Gasteiger partial charge in [0.1, 0.15) is 0 Å². The largest absolute Gasteiger partial charge is 0.383 e. The van der Waals surface area contributed by atoms with Crippen molar-refractivity contribution in [3.8, 4) is 0 Å². The van der Waals surface area contributed by atoms with E-state index in [0.717, 1.165) is 37.8 Å². The van der Waals surface area contributed by atoms with Crippen LogP contribution in [0.1, 0.15) is 19.4 Å². The molecule has 118 valence electrons. The molecule has 5 heteroatoms. The van der Waals surface area contributed by atoms with E-state index in [-0.39, 0.29) is 5.60 Å². The van der Waals surface area contributed by atoms with E-state index < -0.39 is 0 Å². The Morgan fingerprint density at radius 3 is 2.95 bits per heavy atom. The first-order valence-electron chi connectivity index (χ1n) is 7.39. The third-order valence-corrected chi connectivity index (χ3v) is 3.85. The normalized spacial score (nSPS) is 18.0. The number of hydrogen-bond donors (Lipinski definition) is 1. The van der Waals surface area contributed by atoms with E-state index >= 15 is 0 Å². The van der Waals surface area contributed by atoms with Crippen molar-refractivity contribution in [1.82, 2.24) is 5.32 Å². The van der Waals surface area contributed by atoms with Gasteiger partial charge in [0, 0.05) is 44.0 Å². The van der Waals surface area contributed by atoms with Crippen molar-refractivity contribution < 1.29 is 9.47 Å². The number of halogens is 1. The van der Waals surface area contributed by atoms with Crippen LogP contribution in [-0.4, -0.2) is 45.6 Å². The number of rotatable bonds is 6. The Balaban J connectivity index is 2.11. The molecule has 1 aliphatic rings. The Hall–Kier alpha value is -0.810. The zero-order valence-electron chi connectivity index (χ0n) is 13.1. The summed E-state index contributed by atoms with van der Waals surface area (Å²) in [6.07, 6.45) is 0. The molecule has 1 fully saturated rings. The van der Waals surface area contributed by atoms with Crippen LogP contribution in [0.5, 0.6) is 0 Å². The van der Waals surface area contributed by atoms with Crippen LogP contribution in [0.4, 0.5) is 5.69 Å². The predicted molar refractivity (Wildman–Crippen MR) is 87.3 cm³/mol. The molecular weight excluding hydrogens is 288 g/mol. The minimum absolute atomic E-state index is 0.124. The number of morpholine rings is 1. The van der Waals surface area contributed by atoms with Crippen LogP contribution in [-0.2, 0) is 16.0 Å². The summed E-state index contributed by atoms with van der Waals surface area (Å²) in [5.74, 6) is 0. The van der Waals surface area contributed by atoms with Gasteiger partial charge in [-0.3, -0.25) is 0 Å². The van der Waals surface area contributed by atoms with E-state index in [9.17, 15) is 0 Å². The third-order valence-electron chi connectivity index (χ3n) is 3.61. The smallest absolute Gasteiger partial charge is 0.0801 e. The SMILES string of the molecule is COCCNCc1ccc(Cl)cc1N1CCOC(C)(C)C1. The van der Waals surface area contributed by atoms with Crippen molar-refractivity contribution in [1.29, 1.82) is 0 Å². The van der Waals surface area contributed by atoms with E-state index in [2.05, 4.69) is 36.2 Å². The van der Waals surface area contributed by atoms with E-state index in [1.54, 1.807) is 7.11 Å². The van der Waals surface area contributed by atoms with E-state index in [1.165, 1.54) is 11.3 Å². The molecule has 1 aliphatic heterocycles. The first-order chi connectivity index (χ1) is 10.0. The van der Waals surface area contributed by atoms with Crippen LogP contribution in [0.15, 0.2) is 18.2 Å². The van der Waals surface area contributed by atoms with Crippen LogP contribution in [0.3, 0.4) is 0 Å². The number of hydrogen-bond acceptors (Lipinski definition) is 4. The van der Waals surface area contributed by atoms with Crippen molar-refractivity contribution in [2.24, 2.45) is 0 Å². The highest BCUT2D eigenvalue weighted by Gasteiger charge is 2.28. The molecule has 1 aromatic carbocycles. The lowest BCUT2D eigenvalue weighted by Gasteiger charge is -2.40. The molecule has 0 atom stereocenters. The second-order valence-corrected chi connectivity index (χ2v) is 6.41. The van der Waals surface area contributed by atoms with E-state index in [4.69, 9.17) is 21.1 Å². The Morgan fingerprint density at radius 1 is 1.43 bits per heavy atom. The third kappa shape index (κ3) is 4.85. The average Bonchev–Trinajstić information content (AvgIpc) is 2.44. The van der Waals surface area contributed by atoms with Crippen LogP contribution in [0.25, 0.3) is 0 Å². The summed E-state index contributed by atoms with van der Waals surface area (Å²) in [6, 6.07) is 6.10. The predicted octanol–water partition coefficient (Wildman–Crippen LogP) is 2.69. The minimum Gasteiger partial charge on any atom is -0.383 e. The van der Waals surface area contributed by atoms with Gasteiger partial charge < -0.3 is 19.7 Å². The molecule has 0 bridgehead atoms. The van der Waals surface area contributed by atoms with Crippen molar-refractivity contribution in [2.75, 3.05) is 44.9 Å². The van der Waals surface area contributed by atoms with Gasteiger partial charge in [-0.05, 0) is 31.5 Å². The molecule has 0 amide bonds. The summed E-state index contributed by atoms with van der Waals surface area (Å²) in [4.78, 5) is 2.36. The standard InChI is InChI=1S/C16H25ClN2O2/c1-16(2)12-19(7-9-21-16)15-10-14(17)5-4-13(15)11-18-6-8-20-3/h4-5,10,18H,6-9,11-12H2,1-3H3. The first-order valence-corrected chi connectivity index (χ1v) is 7.76. The van der Waals surface area contributed by atoms with Crippen molar-refractivity contribution in [3.05, 3.63) is 28.8 Å². The van der Waals surface area contributed by atoms with Gasteiger partial charge in [0.05, 0.1) is 18.8 Å². The van der Waals surface area contributed by atoms with Gasteiger partial charge in [0.25, 0.3) is 0 Å². The number of anilines is 1. The summed E-state index contributed by atoms with van der Waals surface area (Å²) in [7, 11) is 1.71. The molecule has 0 spiro atoms. The summed E-state index contributed by atoms with van der Waals surface area (Å²) in [5.41, 5.74) is 2.33. The topological polar surface area (TPSA) is 33.7 Å². The van der Waals surface area contributed by atoms with Crippen LogP contribution in [0, 0.1) is 0 Å². The Morgan fingerprint density at radius 2 is 2.24 bits per heavy atom. The van der Waals surface area contributed by atoms with E-state index in [1.807, 2.05) is 6.07 Å². The molecular formula is C16H25ClN2O2. The second kappa shape index (κ2) is 7.45. The van der Waals surface area contributed by atoms with Gasteiger partial charge in [-0.1, -0.05) is 17.7 Å². The lowest BCUT2D eigenvalue weighted by atomic mass is 10.0. The Labute approximate surface area is 132 Å². The lowest BCUT2D eigenvalue weighted by Crippen LogP contribution is -2.48. The maximum atomic E-state index is 6.19. The molecule has 0 aliphatic carbocycles. The van der Waals surface area contributed by atoms with Crippen LogP contribution < -0.4 is 10.2 Å². The molecule has 0 radical (unpaired) electrons. The van der Waals surface area contributed by atoms with E-state index in [0.29, 0.717) is 6.61 Å². The fourth-order valence-electron chi connectivity index (χ4n) is 2.60. The van der Waals surface area contributed by atoms with Crippen LogP contribution >= 0.6 is 11.6 Å². The molecule has 0 aromatic heterocycles. The molecule has 1 heterocycles. The number of nitrogens with one attached hydrogen (secondary N) is 1. The molecule has 1 N–H and O–H groups in total. The van der Waals surface area contributed by atoms with Crippen LogP contribution in [0.2, 0.25) is 5.02 Å². The summed E-state index contributed by atoms with van der Waals surface area (Å²) in [6.45, 7) is 9.14. The van der Waals surface area contributed by atoms with Gasteiger partial charge >= 0.3 is 0 Å². The Bertz CT molecular complexity index is 466. The fraction of sp³-hybridized carbons (Fsp3) is 0.625. The van der Waals surface area contributed by atoms with Gasteiger partial charge in [0.2, 0.25) is 0 Å². The average molecular weight is 313 g/mol. The first kappa shape index (κ1) is 16.6. The molecule has 2 rings (SSSR count). The minimum atomic E-state index is -0.124. The maximum absolute atomic E-state index is 6.19.